The fourth-order valence-corrected chi connectivity index (χ4v) is 4.56. The van der Waals surface area contributed by atoms with Gasteiger partial charge in [0.15, 0.2) is 0 Å². The van der Waals surface area contributed by atoms with Crippen LogP contribution in [0.2, 0.25) is 0 Å². The summed E-state index contributed by atoms with van der Waals surface area (Å²) in [5, 5.41) is 13.7. The van der Waals surface area contributed by atoms with Crippen molar-refractivity contribution in [3.8, 4) is 5.75 Å². The SMILES string of the molecule is O=C(N[C@@H]1CCC[C@@H](n2ccc(=O)[nH]c2=O)[C@@H]1O)c1ccc(OCCN2CCCC2)cc1. The van der Waals surface area contributed by atoms with Crippen LogP contribution in [-0.4, -0.2) is 63.9 Å². The molecular formula is C23H30N4O5. The summed E-state index contributed by atoms with van der Waals surface area (Å²) < 4.78 is 7.11. The Morgan fingerprint density at radius 2 is 1.84 bits per heavy atom. The van der Waals surface area contributed by atoms with E-state index in [-0.39, 0.29) is 5.91 Å². The third-order valence-corrected chi connectivity index (χ3v) is 6.34. The fraction of sp³-hybridized carbons (Fsp3) is 0.522. The molecule has 0 spiro atoms. The van der Waals surface area contributed by atoms with Gasteiger partial charge in [-0.2, -0.15) is 0 Å². The molecule has 2 aliphatic rings. The van der Waals surface area contributed by atoms with Gasteiger partial charge in [0.2, 0.25) is 0 Å². The second kappa shape index (κ2) is 10.1. The van der Waals surface area contributed by atoms with Crippen LogP contribution in [0.4, 0.5) is 0 Å². The summed E-state index contributed by atoms with van der Waals surface area (Å²) >= 11 is 0. The van der Waals surface area contributed by atoms with Crippen molar-refractivity contribution >= 4 is 5.91 Å². The lowest BCUT2D eigenvalue weighted by atomic mass is 9.87. The first-order chi connectivity index (χ1) is 15.5. The highest BCUT2D eigenvalue weighted by Crippen LogP contribution is 2.28. The number of ether oxygens (including phenoxy) is 1. The molecule has 0 bridgehead atoms. The molecule has 2 fully saturated rings. The highest BCUT2D eigenvalue weighted by atomic mass is 16.5. The lowest BCUT2D eigenvalue weighted by molar-refractivity contribution is 0.0382. The number of carbonyl (C=O) groups excluding carboxylic acids is 1. The summed E-state index contributed by atoms with van der Waals surface area (Å²) in [5.74, 6) is 0.433. The predicted octanol–water partition coefficient (Wildman–Crippen LogP) is 0.896. The van der Waals surface area contributed by atoms with Crippen molar-refractivity contribution in [1.82, 2.24) is 19.8 Å². The van der Waals surface area contributed by atoms with Crippen LogP contribution in [0, 0.1) is 0 Å². The smallest absolute Gasteiger partial charge is 0.328 e. The van der Waals surface area contributed by atoms with Crippen molar-refractivity contribution in [2.45, 2.75) is 50.3 Å². The van der Waals surface area contributed by atoms with Crippen LogP contribution in [0.5, 0.6) is 5.75 Å². The second-order valence-corrected chi connectivity index (χ2v) is 8.51. The lowest BCUT2D eigenvalue weighted by Gasteiger charge is -2.35. The number of nitrogens with zero attached hydrogens (tertiary/aromatic N) is 2. The van der Waals surface area contributed by atoms with Crippen LogP contribution in [0.15, 0.2) is 46.1 Å². The number of aliphatic hydroxyl groups is 1. The molecule has 1 saturated carbocycles. The van der Waals surface area contributed by atoms with Crippen molar-refractivity contribution in [2.75, 3.05) is 26.2 Å². The van der Waals surface area contributed by atoms with Crippen LogP contribution >= 0.6 is 0 Å². The van der Waals surface area contributed by atoms with Gasteiger partial charge in [-0.25, -0.2) is 4.79 Å². The van der Waals surface area contributed by atoms with Gasteiger partial charge < -0.3 is 15.2 Å². The Kier molecular flexibility index (Phi) is 7.06. The Bertz CT molecular complexity index is 1030. The first-order valence-electron chi connectivity index (χ1n) is 11.3. The molecule has 1 aliphatic carbocycles. The molecule has 3 N–H and O–H groups in total. The molecule has 1 amide bonds. The molecule has 2 heterocycles. The maximum Gasteiger partial charge on any atom is 0.328 e. The molecule has 1 aliphatic heterocycles. The third kappa shape index (κ3) is 5.28. The van der Waals surface area contributed by atoms with Crippen molar-refractivity contribution < 1.29 is 14.6 Å². The Balaban J connectivity index is 1.33. The number of aromatic nitrogens is 2. The molecule has 9 nitrogen and oxygen atoms in total. The number of aromatic amines is 1. The molecule has 1 aromatic heterocycles. The average Bonchev–Trinajstić information content (AvgIpc) is 3.30. The van der Waals surface area contributed by atoms with Gasteiger partial charge in [0.25, 0.3) is 11.5 Å². The van der Waals surface area contributed by atoms with Crippen molar-refractivity contribution in [3.05, 3.63) is 62.9 Å². The number of aliphatic hydroxyl groups excluding tert-OH is 1. The zero-order valence-electron chi connectivity index (χ0n) is 18.0. The summed E-state index contributed by atoms with van der Waals surface area (Å²) in [6.45, 7) is 3.78. The summed E-state index contributed by atoms with van der Waals surface area (Å²) in [5.41, 5.74) is -0.564. The van der Waals surface area contributed by atoms with E-state index in [1.54, 1.807) is 24.3 Å². The number of likely N-dealkylation sites (tertiary alicyclic amines) is 1. The van der Waals surface area contributed by atoms with Crippen LogP contribution in [0.3, 0.4) is 0 Å². The fourth-order valence-electron chi connectivity index (χ4n) is 4.56. The minimum Gasteiger partial charge on any atom is -0.492 e. The van der Waals surface area contributed by atoms with Gasteiger partial charge in [-0.15, -0.1) is 0 Å². The van der Waals surface area contributed by atoms with E-state index in [2.05, 4.69) is 15.2 Å². The number of H-pyrrole nitrogens is 1. The highest BCUT2D eigenvalue weighted by Gasteiger charge is 2.34. The first kappa shape index (κ1) is 22.3. The van der Waals surface area contributed by atoms with Gasteiger partial charge >= 0.3 is 5.69 Å². The topological polar surface area (TPSA) is 117 Å². The van der Waals surface area contributed by atoms with Crippen molar-refractivity contribution in [3.63, 3.8) is 0 Å². The van der Waals surface area contributed by atoms with Gasteiger partial charge in [-0.3, -0.25) is 24.0 Å². The number of hydrogen-bond acceptors (Lipinski definition) is 6. The van der Waals surface area contributed by atoms with E-state index in [4.69, 9.17) is 4.74 Å². The molecule has 1 aromatic carbocycles. The number of rotatable bonds is 7. The molecule has 9 heteroatoms. The number of amides is 1. The van der Waals surface area contributed by atoms with E-state index in [0.29, 0.717) is 25.0 Å². The van der Waals surface area contributed by atoms with E-state index in [9.17, 15) is 19.5 Å². The van der Waals surface area contributed by atoms with E-state index >= 15 is 0 Å². The van der Waals surface area contributed by atoms with E-state index < -0.39 is 29.4 Å². The van der Waals surface area contributed by atoms with Gasteiger partial charge in [0.05, 0.1) is 18.2 Å². The van der Waals surface area contributed by atoms with Gasteiger partial charge in [-0.1, -0.05) is 0 Å². The average molecular weight is 443 g/mol. The second-order valence-electron chi connectivity index (χ2n) is 8.51. The van der Waals surface area contributed by atoms with E-state index in [1.165, 1.54) is 29.7 Å². The summed E-state index contributed by atoms with van der Waals surface area (Å²) in [6, 6.07) is 7.23. The molecule has 2 aromatic rings. The summed E-state index contributed by atoms with van der Waals surface area (Å²) in [7, 11) is 0. The lowest BCUT2D eigenvalue weighted by Crippen LogP contribution is -2.51. The summed E-state index contributed by atoms with van der Waals surface area (Å²) in [4.78, 5) is 40.7. The minimum absolute atomic E-state index is 0.285. The number of benzene rings is 1. The van der Waals surface area contributed by atoms with Gasteiger partial charge in [0.1, 0.15) is 12.4 Å². The first-order valence-corrected chi connectivity index (χ1v) is 11.3. The normalized spacial score (nSPS) is 23.7. The zero-order chi connectivity index (χ0) is 22.5. The zero-order valence-corrected chi connectivity index (χ0v) is 18.0. The number of hydrogen-bond donors (Lipinski definition) is 3. The quantitative estimate of drug-likeness (QED) is 0.587. The van der Waals surface area contributed by atoms with Crippen LogP contribution in [-0.2, 0) is 0 Å². The monoisotopic (exact) mass is 442 g/mol. The van der Waals surface area contributed by atoms with Crippen molar-refractivity contribution in [2.24, 2.45) is 0 Å². The Morgan fingerprint density at radius 3 is 2.56 bits per heavy atom. The molecule has 0 unspecified atom stereocenters. The Labute approximate surface area is 186 Å². The minimum atomic E-state index is -0.940. The Morgan fingerprint density at radius 1 is 1.09 bits per heavy atom. The van der Waals surface area contributed by atoms with Crippen LogP contribution < -0.4 is 21.3 Å². The van der Waals surface area contributed by atoms with Crippen LogP contribution in [0.1, 0.15) is 48.5 Å². The molecular weight excluding hydrogens is 412 g/mol. The molecule has 172 valence electrons. The molecule has 0 radical (unpaired) electrons. The van der Waals surface area contributed by atoms with E-state index in [0.717, 1.165) is 31.8 Å². The molecule has 3 atom stereocenters. The maximum absolute atomic E-state index is 12.7. The number of carbonyl (C=O) groups is 1. The standard InChI is InChI=1S/C23H30N4O5/c28-20-10-13-27(23(31)25-20)19-5-3-4-18(21(19)29)24-22(30)16-6-8-17(9-7-16)32-15-14-26-11-1-2-12-26/h6-10,13,18-19,21,29H,1-5,11-12,14-15H2,(H,24,30)(H,25,28,31)/t18-,19-,21-/m1/s1. The highest BCUT2D eigenvalue weighted by molar-refractivity contribution is 5.94. The van der Waals surface area contributed by atoms with Gasteiger partial charge in [0, 0.05) is 24.4 Å². The largest absolute Gasteiger partial charge is 0.492 e. The molecule has 1 saturated heterocycles. The maximum atomic E-state index is 12.7. The Hall–Kier alpha value is -2.91. The number of nitrogens with one attached hydrogen (secondary N) is 2. The van der Waals surface area contributed by atoms with Gasteiger partial charge in [-0.05, 0) is 69.5 Å². The molecule has 4 rings (SSSR count). The van der Waals surface area contributed by atoms with Crippen molar-refractivity contribution in [1.29, 1.82) is 0 Å². The van der Waals surface area contributed by atoms with Crippen LogP contribution in [0.25, 0.3) is 0 Å². The third-order valence-electron chi connectivity index (χ3n) is 6.34. The van der Waals surface area contributed by atoms with E-state index in [1.807, 2.05) is 0 Å². The molecule has 32 heavy (non-hydrogen) atoms. The predicted molar refractivity (Wildman–Crippen MR) is 119 cm³/mol. The summed E-state index contributed by atoms with van der Waals surface area (Å²) in [6.07, 6.45) is 4.89.